The van der Waals surface area contributed by atoms with Crippen LogP contribution in [0.4, 0.5) is 0 Å². The highest BCUT2D eigenvalue weighted by molar-refractivity contribution is 6.00. The fourth-order valence-corrected chi connectivity index (χ4v) is 8.73. The Morgan fingerprint density at radius 2 is 1.00 bits per heavy atom. The summed E-state index contributed by atoms with van der Waals surface area (Å²) < 4.78 is 23.0. The predicted octanol–water partition coefficient (Wildman–Crippen LogP) is 5.37. The van der Waals surface area contributed by atoms with Crippen LogP contribution in [0.2, 0.25) is 0 Å². The van der Waals surface area contributed by atoms with Gasteiger partial charge in [0.25, 0.3) is 0 Å². The summed E-state index contributed by atoms with van der Waals surface area (Å²) in [6.45, 7) is 19.1. The van der Waals surface area contributed by atoms with E-state index in [1.54, 1.807) is 6.92 Å². The summed E-state index contributed by atoms with van der Waals surface area (Å²) >= 11 is 0. The van der Waals surface area contributed by atoms with E-state index in [9.17, 15) is 45.6 Å². The molecule has 13 heteroatoms. The van der Waals surface area contributed by atoms with Gasteiger partial charge in [-0.1, -0.05) is 141 Å². The summed E-state index contributed by atoms with van der Waals surface area (Å²) in [5.74, 6) is -0.258. The van der Waals surface area contributed by atoms with E-state index >= 15 is 0 Å². The Morgan fingerprint density at radius 1 is 0.585 bits per heavy atom. The van der Waals surface area contributed by atoms with Gasteiger partial charge in [-0.3, -0.25) is 4.79 Å². The molecule has 13 nitrogen and oxygen atoms in total. The first-order valence-electron chi connectivity index (χ1n) is 22.5. The summed E-state index contributed by atoms with van der Waals surface area (Å²) in [7, 11) is 0. The number of Topliss-reactive ketones (excluding diaryl/α,β-unsaturated/α-hetero) is 1. The smallest absolute Gasteiger partial charge is 0.187 e. The Morgan fingerprint density at radius 3 is 1.46 bits per heavy atom. The molecule has 0 amide bonds. The van der Waals surface area contributed by atoms with Gasteiger partial charge in [0, 0.05) is 0 Å². The van der Waals surface area contributed by atoms with Gasteiger partial charge in [-0.2, -0.15) is 0 Å². The number of allylic oxidation sites excluding steroid dienone is 20. The molecule has 0 unspecified atom stereocenters. The third-order valence-electron chi connectivity index (χ3n) is 12.6. The van der Waals surface area contributed by atoms with Crippen LogP contribution in [0.1, 0.15) is 88.5 Å². The zero-order chi connectivity index (χ0) is 48.4. The van der Waals surface area contributed by atoms with Crippen molar-refractivity contribution in [3.63, 3.8) is 0 Å². The lowest BCUT2D eigenvalue weighted by atomic mass is 9.71. The lowest BCUT2D eigenvalue weighted by molar-refractivity contribution is -0.313. The number of rotatable bonds is 16. The number of ketones is 1. The maximum absolute atomic E-state index is 13.4. The Kier molecular flexibility index (Phi) is 19.8. The van der Waals surface area contributed by atoms with Gasteiger partial charge in [0.1, 0.15) is 54.9 Å². The summed E-state index contributed by atoms with van der Waals surface area (Å²) in [5.41, 5.74) is 7.27. The predicted molar refractivity (Wildman–Crippen MR) is 250 cm³/mol. The highest BCUT2D eigenvalue weighted by Gasteiger charge is 2.48. The number of ether oxygens (including phenoxy) is 4. The molecule has 2 aliphatic heterocycles. The van der Waals surface area contributed by atoms with E-state index in [4.69, 9.17) is 18.9 Å². The quantitative estimate of drug-likeness (QED) is 0.0916. The van der Waals surface area contributed by atoms with Crippen molar-refractivity contribution < 1.29 is 64.6 Å². The molecule has 0 radical (unpaired) electrons. The number of hydrogen-bond acceptors (Lipinski definition) is 13. The van der Waals surface area contributed by atoms with Crippen LogP contribution in [0, 0.1) is 10.8 Å². The monoisotopic (exact) mass is 907 g/mol. The Labute approximate surface area is 385 Å². The SMILES string of the molecule is CC1=C(/C=C/C(C)=C/C=C/C(C)=C/C=C/C=C(C)/C=C/C=C(C)/C=C/C2=C(C)C(=O)[C@@H](O[C@@H]3O[C@H](CO)[C@@H](O)[C@H](O)[C@H]3O)CC2(C)C)C(C)(C)C[C@H](O[C@@H]2O[C@H](CO)[C@@H](O)[C@H](O)[C@H]2O)C1. The van der Waals surface area contributed by atoms with E-state index < -0.39 is 86.1 Å². The second-order valence-corrected chi connectivity index (χ2v) is 19.2. The molecule has 0 spiro atoms. The third kappa shape index (κ3) is 14.4. The molecule has 0 aromatic heterocycles. The van der Waals surface area contributed by atoms with E-state index in [2.05, 4.69) is 39.0 Å². The fraction of sp³-hybridized carbons (Fsp3) is 0.558. The molecular formula is C52H74O13. The van der Waals surface area contributed by atoms with Gasteiger partial charge in [0.15, 0.2) is 18.4 Å². The lowest BCUT2D eigenvalue weighted by Gasteiger charge is -2.43. The van der Waals surface area contributed by atoms with Crippen molar-refractivity contribution in [1.29, 1.82) is 0 Å². The van der Waals surface area contributed by atoms with Crippen LogP contribution in [0.3, 0.4) is 0 Å². The van der Waals surface area contributed by atoms with Crippen molar-refractivity contribution in [1.82, 2.24) is 0 Å². The van der Waals surface area contributed by atoms with Crippen LogP contribution in [-0.2, 0) is 23.7 Å². The molecule has 4 aliphatic rings. The van der Waals surface area contributed by atoms with E-state index in [0.29, 0.717) is 24.8 Å². The van der Waals surface area contributed by atoms with Gasteiger partial charge in [-0.15, -0.1) is 0 Å². The summed E-state index contributed by atoms with van der Waals surface area (Å²) in [6, 6.07) is 0. The Balaban J connectivity index is 1.27. The lowest BCUT2D eigenvalue weighted by Crippen LogP contribution is -2.60. The third-order valence-corrected chi connectivity index (χ3v) is 12.6. The minimum Gasteiger partial charge on any atom is -0.394 e. The van der Waals surface area contributed by atoms with Gasteiger partial charge in [0.05, 0.1) is 19.3 Å². The standard InChI is InChI=1S/C52H74O13/c1-30(17-13-19-32(3)21-23-37-34(5)25-36(26-51(37,7)8)62-49-47(60)45(58)43(56)40(28-53)64-49)15-11-12-16-31(2)18-14-20-33(4)22-24-38-35(6)42(55)39(27-52(38,9)10)63-50-48(61)46(59)44(57)41(29-54)65-50/h11-24,36,39-41,43-50,53-54,56-61H,25-29H2,1-10H3/b12-11+,17-13+,18-14+,23-21+,24-22+,30-15+,31-16+,32-19+,33-20+/t36-,39+,40-,41-,43-,44-,45+,46+,47-,48-,49-,50-/m1/s1. The van der Waals surface area contributed by atoms with E-state index in [-0.39, 0.29) is 17.3 Å². The molecule has 2 saturated heterocycles. The Bertz CT molecular complexity index is 2000. The van der Waals surface area contributed by atoms with Gasteiger partial charge >= 0.3 is 0 Å². The molecule has 0 saturated carbocycles. The first-order chi connectivity index (χ1) is 30.5. The maximum atomic E-state index is 13.4. The first-order valence-corrected chi connectivity index (χ1v) is 22.5. The second-order valence-electron chi connectivity index (χ2n) is 19.2. The number of carbonyl (C=O) groups excluding carboxylic acids is 1. The van der Waals surface area contributed by atoms with E-state index in [1.165, 1.54) is 5.57 Å². The second kappa shape index (κ2) is 23.9. The average Bonchev–Trinajstić information content (AvgIpc) is 3.23. The molecule has 0 aromatic rings. The molecule has 2 aliphatic carbocycles. The van der Waals surface area contributed by atoms with Crippen LogP contribution in [0.25, 0.3) is 0 Å². The topological polar surface area (TPSA) is 216 Å². The van der Waals surface area contributed by atoms with Crippen molar-refractivity contribution in [2.24, 2.45) is 10.8 Å². The molecule has 2 heterocycles. The summed E-state index contributed by atoms with van der Waals surface area (Å²) in [5, 5.41) is 80.5. The first kappa shape index (κ1) is 53.9. The average molecular weight is 907 g/mol. The molecule has 4 rings (SSSR count). The number of aliphatic hydroxyl groups excluding tert-OH is 8. The van der Waals surface area contributed by atoms with Crippen molar-refractivity contribution in [2.75, 3.05) is 13.2 Å². The minimum absolute atomic E-state index is 0.236. The van der Waals surface area contributed by atoms with Crippen molar-refractivity contribution >= 4 is 5.78 Å². The fourth-order valence-electron chi connectivity index (χ4n) is 8.73. The van der Waals surface area contributed by atoms with E-state index in [0.717, 1.165) is 33.4 Å². The molecular weight excluding hydrogens is 833 g/mol. The van der Waals surface area contributed by atoms with Crippen LogP contribution in [0.5, 0.6) is 0 Å². The molecule has 0 bridgehead atoms. The summed E-state index contributed by atoms with van der Waals surface area (Å²) in [4.78, 5) is 13.4. The minimum atomic E-state index is -1.59. The highest BCUT2D eigenvalue weighted by Crippen LogP contribution is 2.44. The van der Waals surface area contributed by atoms with Crippen LogP contribution in [-0.4, -0.2) is 133 Å². The van der Waals surface area contributed by atoms with Crippen LogP contribution >= 0.6 is 0 Å². The van der Waals surface area contributed by atoms with Gasteiger partial charge in [-0.05, 0) is 88.4 Å². The molecule has 0 aromatic carbocycles. The van der Waals surface area contributed by atoms with Gasteiger partial charge in [-0.25, -0.2) is 0 Å². The van der Waals surface area contributed by atoms with Crippen molar-refractivity contribution in [2.45, 2.75) is 162 Å². The number of aliphatic hydroxyl groups is 8. The molecule has 360 valence electrons. The zero-order valence-corrected chi connectivity index (χ0v) is 39.7. The molecule has 8 N–H and O–H groups in total. The molecule has 12 atom stereocenters. The van der Waals surface area contributed by atoms with Crippen LogP contribution < -0.4 is 0 Å². The van der Waals surface area contributed by atoms with E-state index in [1.807, 2.05) is 108 Å². The van der Waals surface area contributed by atoms with Gasteiger partial charge in [0.2, 0.25) is 0 Å². The normalized spacial score (nSPS) is 34.8. The Hall–Kier alpha value is -3.67. The van der Waals surface area contributed by atoms with Gasteiger partial charge < -0.3 is 59.8 Å². The molecule has 65 heavy (non-hydrogen) atoms. The van der Waals surface area contributed by atoms with Crippen molar-refractivity contribution in [3.8, 4) is 0 Å². The number of hydrogen-bond donors (Lipinski definition) is 8. The highest BCUT2D eigenvalue weighted by atomic mass is 16.7. The summed E-state index contributed by atoms with van der Waals surface area (Å²) in [6.07, 6.45) is 15.0. The number of carbonyl (C=O) groups is 1. The zero-order valence-electron chi connectivity index (χ0n) is 39.7. The molecule has 2 fully saturated rings. The largest absolute Gasteiger partial charge is 0.394 e. The van der Waals surface area contributed by atoms with Crippen LogP contribution in [0.15, 0.2) is 130 Å². The van der Waals surface area contributed by atoms with Crippen molar-refractivity contribution in [3.05, 3.63) is 130 Å². The maximum Gasteiger partial charge on any atom is 0.187 e.